The molecule has 0 unspecified atom stereocenters. The molecule has 2 aliphatic carbocycles. The predicted octanol–water partition coefficient (Wildman–Crippen LogP) is 3.23. The molecule has 1 N–H and O–H groups in total. The fourth-order valence-electron chi connectivity index (χ4n) is 4.31. The van der Waals surface area contributed by atoms with Gasteiger partial charge in [-0.25, -0.2) is 4.39 Å². The van der Waals surface area contributed by atoms with Gasteiger partial charge in [-0.15, -0.1) is 0 Å². The van der Waals surface area contributed by atoms with E-state index in [2.05, 4.69) is 5.32 Å². The molecule has 0 heterocycles. The molecule has 0 radical (unpaired) electrons. The largest absolute Gasteiger partial charge is 0.352 e. The molecule has 118 valence electrons. The summed E-state index contributed by atoms with van der Waals surface area (Å²) in [6, 6.07) is 6.10. The molecule has 0 saturated heterocycles. The van der Waals surface area contributed by atoms with E-state index in [1.54, 1.807) is 12.1 Å². The van der Waals surface area contributed by atoms with Crippen LogP contribution in [0.3, 0.4) is 0 Å². The standard InChI is InChI=1S/C18H22FNO2/c1-16(2)17(3)8-9-18(16,10-14(17)21)15(22)20-11-12-4-6-13(19)7-5-12/h4-7H,8-11H2,1-3H3,(H,20,22)/t17-,18+/m1/s1. The molecule has 0 aliphatic heterocycles. The molecule has 22 heavy (non-hydrogen) atoms. The van der Waals surface area contributed by atoms with Crippen LogP contribution in [-0.2, 0) is 16.1 Å². The minimum atomic E-state index is -0.598. The maximum Gasteiger partial charge on any atom is 0.227 e. The second-order valence-electron chi connectivity index (χ2n) is 7.45. The first-order chi connectivity index (χ1) is 10.2. The van der Waals surface area contributed by atoms with Crippen molar-refractivity contribution >= 4 is 11.7 Å². The van der Waals surface area contributed by atoms with Crippen molar-refractivity contribution in [2.45, 2.75) is 46.6 Å². The average Bonchev–Trinajstić information content (AvgIpc) is 2.77. The Morgan fingerprint density at radius 3 is 2.32 bits per heavy atom. The number of hydrogen-bond donors (Lipinski definition) is 1. The van der Waals surface area contributed by atoms with Crippen LogP contribution in [0, 0.1) is 22.1 Å². The molecule has 0 spiro atoms. The number of fused-ring (bicyclic) bond motifs is 2. The summed E-state index contributed by atoms with van der Waals surface area (Å²) < 4.78 is 12.9. The fourth-order valence-corrected chi connectivity index (χ4v) is 4.31. The number of halogens is 1. The number of nitrogens with one attached hydrogen (secondary N) is 1. The second kappa shape index (κ2) is 4.64. The van der Waals surface area contributed by atoms with Crippen LogP contribution < -0.4 is 5.32 Å². The van der Waals surface area contributed by atoms with Crippen molar-refractivity contribution in [3.63, 3.8) is 0 Å². The Morgan fingerprint density at radius 2 is 1.82 bits per heavy atom. The summed E-state index contributed by atoms with van der Waals surface area (Å²) >= 11 is 0. The van der Waals surface area contributed by atoms with E-state index in [-0.39, 0.29) is 28.3 Å². The molecular weight excluding hydrogens is 281 g/mol. The van der Waals surface area contributed by atoms with E-state index in [0.717, 1.165) is 18.4 Å². The zero-order chi connectivity index (χ0) is 16.2. The lowest BCUT2D eigenvalue weighted by atomic mass is 9.64. The van der Waals surface area contributed by atoms with Crippen molar-refractivity contribution in [2.24, 2.45) is 16.2 Å². The molecule has 2 bridgehead atoms. The highest BCUT2D eigenvalue weighted by Gasteiger charge is 2.72. The molecule has 3 rings (SSSR count). The van der Waals surface area contributed by atoms with E-state index in [1.807, 2.05) is 20.8 Å². The number of ketones is 1. The minimum absolute atomic E-state index is 0.0450. The summed E-state index contributed by atoms with van der Waals surface area (Å²) in [7, 11) is 0. The highest BCUT2D eigenvalue weighted by molar-refractivity contribution is 5.99. The monoisotopic (exact) mass is 303 g/mol. The van der Waals surface area contributed by atoms with Crippen LogP contribution >= 0.6 is 0 Å². The lowest BCUT2D eigenvalue weighted by Gasteiger charge is -2.38. The zero-order valence-corrected chi connectivity index (χ0v) is 13.3. The Morgan fingerprint density at radius 1 is 1.18 bits per heavy atom. The zero-order valence-electron chi connectivity index (χ0n) is 13.3. The van der Waals surface area contributed by atoms with Crippen molar-refractivity contribution in [2.75, 3.05) is 0 Å². The van der Waals surface area contributed by atoms with Gasteiger partial charge in [0.1, 0.15) is 11.6 Å². The van der Waals surface area contributed by atoms with Crippen molar-refractivity contribution < 1.29 is 14.0 Å². The number of rotatable bonds is 3. The SMILES string of the molecule is CC1(C)[C@@]2(C(=O)NCc3ccc(F)cc3)CC[C@]1(C)C(=O)C2. The Hall–Kier alpha value is -1.71. The van der Waals surface area contributed by atoms with Crippen LogP contribution in [0.5, 0.6) is 0 Å². The number of benzene rings is 1. The third-order valence-corrected chi connectivity index (χ3v) is 6.51. The van der Waals surface area contributed by atoms with Gasteiger partial charge in [0.25, 0.3) is 0 Å². The molecule has 2 aliphatic rings. The van der Waals surface area contributed by atoms with Crippen molar-refractivity contribution in [1.29, 1.82) is 0 Å². The maximum atomic E-state index is 12.9. The van der Waals surface area contributed by atoms with Gasteiger partial charge in [-0.3, -0.25) is 9.59 Å². The summed E-state index contributed by atoms with van der Waals surface area (Å²) in [6.45, 7) is 6.45. The van der Waals surface area contributed by atoms with Gasteiger partial charge >= 0.3 is 0 Å². The van der Waals surface area contributed by atoms with Crippen molar-refractivity contribution in [3.8, 4) is 0 Å². The molecular formula is C18H22FNO2. The van der Waals surface area contributed by atoms with Gasteiger partial charge in [0, 0.05) is 18.4 Å². The van der Waals surface area contributed by atoms with Gasteiger partial charge in [-0.05, 0) is 36.0 Å². The Kier molecular flexibility index (Phi) is 3.21. The lowest BCUT2D eigenvalue weighted by Crippen LogP contribution is -2.46. The Balaban J connectivity index is 1.78. The lowest BCUT2D eigenvalue weighted by molar-refractivity contribution is -0.136. The van der Waals surface area contributed by atoms with Gasteiger partial charge in [0.2, 0.25) is 5.91 Å². The summed E-state index contributed by atoms with van der Waals surface area (Å²) in [6.07, 6.45) is 1.88. The summed E-state index contributed by atoms with van der Waals surface area (Å²) in [5.41, 5.74) is -0.461. The molecule has 1 aromatic carbocycles. The first-order valence-corrected chi connectivity index (χ1v) is 7.79. The number of carbonyl (C=O) groups is 2. The second-order valence-corrected chi connectivity index (χ2v) is 7.45. The highest BCUT2D eigenvalue weighted by atomic mass is 19.1. The van der Waals surface area contributed by atoms with Gasteiger partial charge in [0.05, 0.1) is 5.41 Å². The molecule has 1 aromatic rings. The van der Waals surface area contributed by atoms with E-state index in [9.17, 15) is 14.0 Å². The molecule has 3 nitrogen and oxygen atoms in total. The number of amides is 1. The van der Waals surface area contributed by atoms with Gasteiger partial charge in [-0.2, -0.15) is 0 Å². The number of carbonyl (C=O) groups excluding carboxylic acids is 2. The van der Waals surface area contributed by atoms with E-state index in [0.29, 0.717) is 13.0 Å². The van der Waals surface area contributed by atoms with E-state index in [1.165, 1.54) is 12.1 Å². The number of Topliss-reactive ketones (excluding diaryl/α,β-unsaturated/α-hetero) is 1. The normalized spacial score (nSPS) is 32.3. The third-order valence-electron chi connectivity index (χ3n) is 6.51. The quantitative estimate of drug-likeness (QED) is 0.932. The van der Waals surface area contributed by atoms with Gasteiger partial charge < -0.3 is 5.32 Å². The highest BCUT2D eigenvalue weighted by Crippen LogP contribution is 2.70. The van der Waals surface area contributed by atoms with Gasteiger partial charge in [-0.1, -0.05) is 32.9 Å². The van der Waals surface area contributed by atoms with E-state index < -0.39 is 5.41 Å². The van der Waals surface area contributed by atoms with Crippen LogP contribution in [0.1, 0.15) is 45.6 Å². The predicted molar refractivity (Wildman–Crippen MR) is 81.4 cm³/mol. The van der Waals surface area contributed by atoms with Crippen LogP contribution in [-0.4, -0.2) is 11.7 Å². The number of hydrogen-bond acceptors (Lipinski definition) is 2. The first-order valence-electron chi connectivity index (χ1n) is 7.79. The Labute approximate surface area is 130 Å². The molecule has 1 amide bonds. The summed E-state index contributed by atoms with van der Waals surface area (Å²) in [5, 5.41) is 2.96. The molecule has 2 fully saturated rings. The summed E-state index contributed by atoms with van der Waals surface area (Å²) in [5.74, 6) is -0.125. The Bertz CT molecular complexity index is 637. The third kappa shape index (κ3) is 1.79. The van der Waals surface area contributed by atoms with Crippen molar-refractivity contribution in [3.05, 3.63) is 35.6 Å². The van der Waals surface area contributed by atoms with Gasteiger partial charge in [0.15, 0.2) is 0 Å². The first kappa shape index (κ1) is 15.2. The van der Waals surface area contributed by atoms with E-state index >= 15 is 0 Å². The maximum absolute atomic E-state index is 12.9. The molecule has 4 heteroatoms. The topological polar surface area (TPSA) is 46.2 Å². The smallest absolute Gasteiger partial charge is 0.227 e. The van der Waals surface area contributed by atoms with Crippen LogP contribution in [0.2, 0.25) is 0 Å². The fraction of sp³-hybridized carbons (Fsp3) is 0.556. The minimum Gasteiger partial charge on any atom is -0.352 e. The van der Waals surface area contributed by atoms with E-state index in [4.69, 9.17) is 0 Å². The van der Waals surface area contributed by atoms with Crippen molar-refractivity contribution in [1.82, 2.24) is 5.32 Å². The molecule has 0 aromatic heterocycles. The molecule has 2 saturated carbocycles. The van der Waals surface area contributed by atoms with Crippen LogP contribution in [0.25, 0.3) is 0 Å². The average molecular weight is 303 g/mol. The molecule has 2 atom stereocenters. The summed E-state index contributed by atoms with van der Waals surface area (Å²) in [4.78, 5) is 25.2. The van der Waals surface area contributed by atoms with Crippen LogP contribution in [0.15, 0.2) is 24.3 Å². The van der Waals surface area contributed by atoms with Crippen LogP contribution in [0.4, 0.5) is 4.39 Å².